The summed E-state index contributed by atoms with van der Waals surface area (Å²) in [4.78, 5) is 0. The van der Waals surface area contributed by atoms with Crippen LogP contribution < -0.4 is 29.6 Å². The monoisotopic (exact) mass is 1020 g/mol. The summed E-state index contributed by atoms with van der Waals surface area (Å²) in [5, 5.41) is 0. The van der Waals surface area contributed by atoms with Crippen LogP contribution in [-0.2, 0) is 0 Å². The van der Waals surface area contributed by atoms with Crippen molar-refractivity contribution in [2.75, 3.05) is 0 Å². The van der Waals surface area contributed by atoms with Gasteiger partial charge in [0.15, 0.2) is 0 Å². The van der Waals surface area contributed by atoms with E-state index in [4.69, 9.17) is 44.3 Å². The smallest absolute Gasteiger partial charge is 1.00 e. The number of hydrogen-bond donors (Lipinski definition) is 0. The third-order valence-corrected chi connectivity index (χ3v) is 36.9. The molecule has 14 heteroatoms. The van der Waals surface area contributed by atoms with Crippen LogP contribution in [0.2, 0.25) is 62.5 Å². The van der Waals surface area contributed by atoms with Gasteiger partial charge in [0.2, 0.25) is 12.6 Å². The first-order valence-electron chi connectivity index (χ1n) is 20.8. The van der Waals surface area contributed by atoms with E-state index in [1.807, 2.05) is 0 Å². The summed E-state index contributed by atoms with van der Waals surface area (Å²) >= 11 is 24.1. The Morgan fingerprint density at radius 1 is 0.475 bits per heavy atom. The topological polar surface area (TPSA) is 0 Å². The van der Waals surface area contributed by atoms with E-state index in [2.05, 4.69) is 61.2 Å². The summed E-state index contributed by atoms with van der Waals surface area (Å²) in [5.41, 5.74) is 0. The molecule has 0 aromatic heterocycles. The summed E-state index contributed by atoms with van der Waals surface area (Å²) in [5.74, 6) is -1.37. The third kappa shape index (κ3) is 62.8. The second-order valence-corrected chi connectivity index (χ2v) is 49.4. The first-order chi connectivity index (χ1) is 23.6. The van der Waals surface area contributed by atoms with Crippen LogP contribution in [0.25, 0.3) is 0 Å². The molecule has 0 nitrogen and oxygen atoms in total. The Kier molecular flexibility index (Phi) is 66.0. The Labute approximate surface area is 417 Å². The maximum absolute atomic E-state index is 12.8. The van der Waals surface area contributed by atoms with Crippen molar-refractivity contribution >= 4 is 72.9 Å². The van der Waals surface area contributed by atoms with Crippen molar-refractivity contribution in [3.8, 4) is 0 Å². The first-order valence-corrected chi connectivity index (χ1v) is 37.1. The molecule has 0 heterocycles. The summed E-state index contributed by atoms with van der Waals surface area (Å²) in [6.45, 7) is 18.6. The second-order valence-electron chi connectivity index (χ2n) is 17.7. The van der Waals surface area contributed by atoms with E-state index < -0.39 is 47.1 Å². The summed E-state index contributed by atoms with van der Waals surface area (Å²) in [6, 6.07) is 5.27. The fourth-order valence-electron chi connectivity index (χ4n) is 6.68. The van der Waals surface area contributed by atoms with Crippen molar-refractivity contribution in [1.82, 2.24) is 0 Å². The molecule has 0 aliphatic carbocycles. The molecule has 0 aliphatic heterocycles. The van der Waals surface area contributed by atoms with Crippen LogP contribution in [-0.4, -0.2) is 40.7 Å². The zero-order valence-corrected chi connectivity index (χ0v) is 45.6. The predicted molar refractivity (Wildman–Crippen MR) is 281 cm³/mol. The number of rotatable bonds is 28. The quantitative estimate of drug-likeness (QED) is 0.0317. The molecule has 0 fully saturated rings. The number of halogens is 9. The van der Waals surface area contributed by atoms with Crippen LogP contribution in [0.5, 0.6) is 0 Å². The van der Waals surface area contributed by atoms with Crippen molar-refractivity contribution in [1.29, 1.82) is 0 Å². The minimum absolute atomic E-state index is 0. The molecule has 0 aromatic carbocycles. The zero-order valence-electron chi connectivity index (χ0n) is 37.5. The molecular weight excluding hydrogens is 913 g/mol. The number of unbranched alkanes of at least 4 members (excludes halogenated alkanes) is 14. The molecule has 0 spiro atoms. The van der Waals surface area contributed by atoms with Crippen molar-refractivity contribution in [3.63, 3.8) is 0 Å². The van der Waals surface area contributed by atoms with Crippen molar-refractivity contribution in [2.45, 2.75) is 283 Å². The maximum atomic E-state index is 12.8. The largest absolute Gasteiger partial charge is 1.00 e. The van der Waals surface area contributed by atoms with Gasteiger partial charge in [-0.3, -0.25) is 0 Å². The average molecular weight is 1020 g/mol. The molecule has 0 N–H and O–H groups in total. The minimum atomic E-state index is -3.99. The molecule has 1 unspecified atom stereocenters. The molecule has 59 heavy (non-hydrogen) atoms. The van der Waals surface area contributed by atoms with Crippen LogP contribution in [0.3, 0.4) is 0 Å². The van der Waals surface area contributed by atoms with E-state index in [0.717, 1.165) is 19.0 Å². The van der Waals surface area contributed by atoms with E-state index in [0.29, 0.717) is 17.9 Å². The first kappa shape index (κ1) is 85.0. The van der Waals surface area contributed by atoms with Crippen LogP contribution in [0.1, 0.15) is 210 Å². The molecule has 0 bridgehead atoms. The van der Waals surface area contributed by atoms with Crippen LogP contribution in [0.15, 0.2) is 0 Å². The molecule has 1 atom stereocenters. The summed E-state index contributed by atoms with van der Waals surface area (Å²) in [7, 11) is -3.38. The maximum Gasteiger partial charge on any atom is 1.00 e. The third-order valence-electron chi connectivity index (χ3n) is 10.2. The predicted octanol–water partition coefficient (Wildman–Crippen LogP) is 19.8. The summed E-state index contributed by atoms with van der Waals surface area (Å²) < 4.78 is 62.6. The Hall–Kier alpha value is 2.68. The SMILES string of the molecule is C.C.C.C.C.C.CC(F)(F)CC[Si](C)(Cl)Cl.CCCCCCCCCC[Si](C)(CC(C)C)[Si](C)(C)CCC(F)(F)F.CCCCCCCCCC[Si](Cl)(Cl)CC(C)C.[H-].[Na+]. The van der Waals surface area contributed by atoms with Gasteiger partial charge in [-0.05, 0) is 43.4 Å². The van der Waals surface area contributed by atoms with Gasteiger partial charge in [0.05, 0.1) is 0 Å². The Morgan fingerprint density at radius 3 is 1.07 bits per heavy atom. The molecule has 0 rings (SSSR count). The zero-order chi connectivity index (χ0) is 41.1. The molecule has 0 radical (unpaired) electrons. The van der Waals surface area contributed by atoms with Crippen molar-refractivity contribution in [2.24, 2.45) is 11.8 Å². The van der Waals surface area contributed by atoms with Gasteiger partial charge in [-0.1, -0.05) is 227 Å². The molecule has 0 aromatic rings. The van der Waals surface area contributed by atoms with E-state index in [9.17, 15) is 22.0 Å². The number of alkyl halides is 5. The molecule has 0 amide bonds. The summed E-state index contributed by atoms with van der Waals surface area (Å²) in [6.07, 6.45) is 16.6. The molecule has 0 saturated carbocycles. The normalized spacial score (nSPS) is 12.5. The average Bonchev–Trinajstić information content (AvgIpc) is 2.96. The van der Waals surface area contributed by atoms with Gasteiger partial charge >= 0.3 is 35.7 Å². The van der Waals surface area contributed by atoms with E-state index in [1.165, 1.54) is 115 Å². The van der Waals surface area contributed by atoms with Gasteiger partial charge in [-0.15, -0.1) is 44.3 Å². The minimum Gasteiger partial charge on any atom is -1.00 e. The van der Waals surface area contributed by atoms with Crippen molar-refractivity contribution < 1.29 is 52.9 Å². The van der Waals surface area contributed by atoms with Gasteiger partial charge in [0.25, 0.3) is 6.69 Å². The fourth-order valence-corrected chi connectivity index (χ4v) is 26.3. The van der Waals surface area contributed by atoms with Gasteiger partial charge in [-0.2, -0.15) is 13.2 Å². The second kappa shape index (κ2) is 45.8. The molecule has 368 valence electrons. The molecule has 0 saturated heterocycles. The van der Waals surface area contributed by atoms with E-state index >= 15 is 0 Å². The molecule has 0 aliphatic rings. The standard InChI is InChI=1S/C20H43F3Si2.C14H30Cl2Si.C5H10Cl2F2Si.6CH4.Na.H/c1-7-8-9-10-11-12-13-14-16-25(6,18-19(2)3)24(4,5)17-15-20(21,22)23;1-4-5-6-7-8-9-10-11-12-17(15,16)13-14(2)3;1-5(8,9)3-4-10(2,6)7;;;;;;;;/h19H,7-18H2,1-6H3;14H,4-13H2,1-3H3;3-4H2,1-2H3;6*1H4;;/q;;;;;;;;;+1;-1. The molecular formula is C45H108Cl4F5NaSi4. The van der Waals surface area contributed by atoms with E-state index in [-0.39, 0.29) is 88.0 Å². The van der Waals surface area contributed by atoms with Crippen molar-refractivity contribution in [3.05, 3.63) is 0 Å². The van der Waals surface area contributed by atoms with Crippen LogP contribution >= 0.6 is 44.3 Å². The van der Waals surface area contributed by atoms with Gasteiger partial charge in [0, 0.05) is 28.0 Å². The Morgan fingerprint density at radius 2 is 0.797 bits per heavy atom. The van der Waals surface area contributed by atoms with Crippen LogP contribution in [0, 0.1) is 11.8 Å². The van der Waals surface area contributed by atoms with Gasteiger partial charge in [0.1, 0.15) is 0 Å². The van der Waals surface area contributed by atoms with Crippen LogP contribution in [0.4, 0.5) is 22.0 Å². The van der Waals surface area contributed by atoms with Gasteiger partial charge < -0.3 is 1.43 Å². The number of hydrogen-bond acceptors (Lipinski definition) is 0. The Bertz CT molecular complexity index is 823. The fraction of sp³-hybridized carbons (Fsp3) is 1.00. The van der Waals surface area contributed by atoms with Gasteiger partial charge in [-0.25, -0.2) is 8.78 Å². The Balaban J connectivity index is -0.0000000674. The van der Waals surface area contributed by atoms with E-state index in [1.54, 1.807) is 6.55 Å².